The van der Waals surface area contributed by atoms with Crippen LogP contribution in [0.1, 0.15) is 24.2 Å². The summed E-state index contributed by atoms with van der Waals surface area (Å²) in [5.41, 5.74) is 1.07. The van der Waals surface area contributed by atoms with E-state index in [2.05, 4.69) is 38.3 Å². The summed E-state index contributed by atoms with van der Waals surface area (Å²) in [4.78, 5) is 4.32. The molecule has 2 aromatic rings. The van der Waals surface area contributed by atoms with Gasteiger partial charge < -0.3 is 9.84 Å². The Balaban J connectivity index is 0.00000200. The summed E-state index contributed by atoms with van der Waals surface area (Å²) in [6.45, 7) is 2.08. The van der Waals surface area contributed by atoms with E-state index in [1.807, 2.05) is 43.5 Å². The second kappa shape index (κ2) is 8.19. The predicted octanol–water partition coefficient (Wildman–Crippen LogP) is 3.57. The van der Waals surface area contributed by atoms with Gasteiger partial charge in [0.05, 0.1) is 0 Å². The van der Waals surface area contributed by atoms with E-state index in [9.17, 15) is 0 Å². The molecule has 1 unspecified atom stereocenters. The third-order valence-electron chi connectivity index (χ3n) is 2.78. The maximum atomic E-state index is 5.18. The first-order valence-corrected chi connectivity index (χ1v) is 6.91. The van der Waals surface area contributed by atoms with Crippen molar-refractivity contribution in [3.8, 4) is 0 Å². The number of nitrogens with one attached hydrogen (secondary N) is 1. The van der Waals surface area contributed by atoms with Crippen LogP contribution in [0.4, 0.5) is 0 Å². The second-order valence-corrected chi connectivity index (χ2v) is 5.15. The van der Waals surface area contributed by atoms with Crippen LogP contribution < -0.4 is 5.32 Å². The predicted molar refractivity (Wildman–Crippen MR) is 86.8 cm³/mol. The largest absolute Gasteiger partial charge is 0.335 e. The van der Waals surface area contributed by atoms with Crippen LogP contribution in [0.15, 0.2) is 33.3 Å². The van der Waals surface area contributed by atoms with E-state index in [0.717, 1.165) is 16.5 Å². The molecular weight excluding hydrogens is 342 g/mol. The maximum Gasteiger partial charge on any atom is 0.250 e. The van der Waals surface area contributed by atoms with Gasteiger partial charge in [0.25, 0.3) is 5.89 Å². The molecule has 2 rings (SSSR count). The Kier molecular flexibility index (Phi) is 6.91. The number of rotatable bonds is 5. The minimum Gasteiger partial charge on any atom is -0.335 e. The fraction of sp³-hybridized carbons (Fsp3) is 0.286. The number of hydrogen-bond acceptors (Lipinski definition) is 4. The first kappa shape index (κ1) is 16.9. The highest BCUT2D eigenvalue weighted by molar-refractivity contribution is 9.10. The van der Waals surface area contributed by atoms with Gasteiger partial charge in [-0.15, -0.1) is 12.4 Å². The van der Waals surface area contributed by atoms with Gasteiger partial charge in [0.2, 0.25) is 0 Å². The second-order valence-electron chi connectivity index (χ2n) is 4.30. The van der Waals surface area contributed by atoms with E-state index >= 15 is 0 Å². The number of nitrogens with zero attached hydrogens (tertiary/aromatic N) is 2. The first-order valence-electron chi connectivity index (χ1n) is 6.11. The molecule has 1 aromatic heterocycles. The molecule has 0 radical (unpaired) electrons. The Bertz CT molecular complexity index is 571. The number of aromatic nitrogens is 2. The van der Waals surface area contributed by atoms with Crippen LogP contribution in [0.2, 0.25) is 0 Å². The van der Waals surface area contributed by atoms with Gasteiger partial charge in [0, 0.05) is 23.0 Å². The molecule has 6 heteroatoms. The average Bonchev–Trinajstić information content (AvgIpc) is 2.85. The van der Waals surface area contributed by atoms with Crippen molar-refractivity contribution in [2.45, 2.75) is 19.4 Å². The summed E-state index contributed by atoms with van der Waals surface area (Å²) in [7, 11) is 1.92. The van der Waals surface area contributed by atoms with Crippen LogP contribution in [0.5, 0.6) is 0 Å². The SMILES string of the molecule is CNC(C)Cc1noc(/C=C/c2ccccc2Br)n1.Cl. The van der Waals surface area contributed by atoms with E-state index in [1.165, 1.54) is 0 Å². The third kappa shape index (κ3) is 4.74. The Morgan fingerprint density at radius 2 is 2.10 bits per heavy atom. The van der Waals surface area contributed by atoms with Gasteiger partial charge in [0.15, 0.2) is 5.82 Å². The van der Waals surface area contributed by atoms with Crippen molar-refractivity contribution in [2.24, 2.45) is 0 Å². The summed E-state index contributed by atoms with van der Waals surface area (Å²) in [5, 5.41) is 7.09. The Labute approximate surface area is 133 Å². The minimum absolute atomic E-state index is 0. The van der Waals surface area contributed by atoms with Crippen LogP contribution in [-0.4, -0.2) is 23.2 Å². The molecule has 0 amide bonds. The van der Waals surface area contributed by atoms with Gasteiger partial charge >= 0.3 is 0 Å². The zero-order valence-corrected chi connectivity index (χ0v) is 13.7. The molecule has 1 aromatic carbocycles. The van der Waals surface area contributed by atoms with E-state index in [0.29, 0.717) is 17.8 Å². The highest BCUT2D eigenvalue weighted by atomic mass is 79.9. The van der Waals surface area contributed by atoms with Crippen molar-refractivity contribution < 1.29 is 4.52 Å². The van der Waals surface area contributed by atoms with Crippen LogP contribution in [0.25, 0.3) is 12.2 Å². The molecule has 4 nitrogen and oxygen atoms in total. The fourth-order valence-electron chi connectivity index (χ4n) is 1.57. The van der Waals surface area contributed by atoms with Gasteiger partial charge in [-0.1, -0.05) is 39.3 Å². The molecule has 0 fully saturated rings. The quantitative estimate of drug-likeness (QED) is 0.887. The number of benzene rings is 1. The molecule has 0 bridgehead atoms. The van der Waals surface area contributed by atoms with Crippen molar-refractivity contribution in [3.05, 3.63) is 46.0 Å². The summed E-state index contributed by atoms with van der Waals surface area (Å²) < 4.78 is 6.22. The Morgan fingerprint density at radius 3 is 2.80 bits per heavy atom. The zero-order chi connectivity index (χ0) is 13.7. The van der Waals surface area contributed by atoms with E-state index in [1.54, 1.807) is 0 Å². The molecule has 0 aliphatic carbocycles. The molecule has 1 atom stereocenters. The number of likely N-dealkylation sites (N-methyl/N-ethyl adjacent to an activating group) is 1. The van der Waals surface area contributed by atoms with Crippen LogP contribution in [0, 0.1) is 0 Å². The van der Waals surface area contributed by atoms with Gasteiger partial charge in [-0.2, -0.15) is 4.98 Å². The minimum atomic E-state index is 0. The monoisotopic (exact) mass is 357 g/mol. The smallest absolute Gasteiger partial charge is 0.250 e. The molecule has 1 N–H and O–H groups in total. The molecule has 0 aliphatic heterocycles. The van der Waals surface area contributed by atoms with Crippen LogP contribution in [-0.2, 0) is 6.42 Å². The van der Waals surface area contributed by atoms with Crippen molar-refractivity contribution in [1.82, 2.24) is 15.5 Å². The molecule has 0 spiro atoms. The first-order chi connectivity index (χ1) is 9.19. The lowest BCUT2D eigenvalue weighted by Crippen LogP contribution is -2.24. The lowest BCUT2D eigenvalue weighted by atomic mass is 10.2. The van der Waals surface area contributed by atoms with Crippen molar-refractivity contribution >= 4 is 40.5 Å². The third-order valence-corrected chi connectivity index (χ3v) is 3.50. The highest BCUT2D eigenvalue weighted by Gasteiger charge is 2.07. The van der Waals surface area contributed by atoms with Gasteiger partial charge in [-0.25, -0.2) is 0 Å². The summed E-state index contributed by atoms with van der Waals surface area (Å²) in [6.07, 6.45) is 4.52. The van der Waals surface area contributed by atoms with E-state index in [4.69, 9.17) is 4.52 Å². The van der Waals surface area contributed by atoms with Crippen molar-refractivity contribution in [3.63, 3.8) is 0 Å². The number of hydrogen-bond donors (Lipinski definition) is 1. The fourth-order valence-corrected chi connectivity index (χ4v) is 1.98. The molecule has 0 saturated carbocycles. The molecule has 20 heavy (non-hydrogen) atoms. The topological polar surface area (TPSA) is 51.0 Å². The molecule has 1 heterocycles. The molecule has 108 valence electrons. The molecule has 0 saturated heterocycles. The summed E-state index contributed by atoms with van der Waals surface area (Å²) in [6, 6.07) is 8.30. The summed E-state index contributed by atoms with van der Waals surface area (Å²) >= 11 is 3.49. The standard InChI is InChI=1S/C14H16BrN3O.ClH/c1-10(16-2)9-13-17-14(19-18-13)8-7-11-5-3-4-6-12(11)15;/h3-8,10,16H,9H2,1-2H3;1H/b8-7+;. The normalized spacial score (nSPS) is 12.3. The van der Waals surface area contributed by atoms with Crippen molar-refractivity contribution in [1.29, 1.82) is 0 Å². The molecular formula is C14H17BrClN3O. The lowest BCUT2D eigenvalue weighted by molar-refractivity contribution is 0.400. The van der Waals surface area contributed by atoms with Crippen molar-refractivity contribution in [2.75, 3.05) is 7.05 Å². The Hall–Kier alpha value is -1.17. The highest BCUT2D eigenvalue weighted by Crippen LogP contribution is 2.18. The lowest BCUT2D eigenvalue weighted by Gasteiger charge is -2.04. The van der Waals surface area contributed by atoms with Crippen LogP contribution in [0.3, 0.4) is 0 Å². The summed E-state index contributed by atoms with van der Waals surface area (Å²) in [5.74, 6) is 1.24. The number of halogens is 2. The Morgan fingerprint density at radius 1 is 1.35 bits per heavy atom. The zero-order valence-electron chi connectivity index (χ0n) is 11.3. The molecule has 0 aliphatic rings. The van der Waals surface area contributed by atoms with Gasteiger partial charge in [0.1, 0.15) is 0 Å². The van der Waals surface area contributed by atoms with Crippen LogP contribution >= 0.6 is 28.3 Å². The average molecular weight is 359 g/mol. The van der Waals surface area contributed by atoms with Gasteiger partial charge in [-0.05, 0) is 31.7 Å². The van der Waals surface area contributed by atoms with Gasteiger partial charge in [-0.3, -0.25) is 0 Å². The maximum absolute atomic E-state index is 5.18. The van der Waals surface area contributed by atoms with E-state index < -0.39 is 0 Å². The van der Waals surface area contributed by atoms with E-state index in [-0.39, 0.29) is 12.4 Å².